The van der Waals surface area contributed by atoms with E-state index in [4.69, 9.17) is 0 Å². The highest BCUT2D eigenvalue weighted by atomic mass is 79.9. The summed E-state index contributed by atoms with van der Waals surface area (Å²) in [6.07, 6.45) is 0. The van der Waals surface area contributed by atoms with Gasteiger partial charge in [0.1, 0.15) is 0 Å². The van der Waals surface area contributed by atoms with Gasteiger partial charge in [0.2, 0.25) is 5.91 Å². The maximum Gasteiger partial charge on any atom is 0.234 e. The Kier molecular flexibility index (Phi) is 6.33. The summed E-state index contributed by atoms with van der Waals surface area (Å²) in [6.45, 7) is 2.02. The molecule has 2 aromatic carbocycles. The fourth-order valence-electron chi connectivity index (χ4n) is 1.78. The van der Waals surface area contributed by atoms with Crippen molar-refractivity contribution >= 4 is 55.2 Å². The number of rotatable bonds is 5. The van der Waals surface area contributed by atoms with Crippen molar-refractivity contribution in [3.05, 3.63) is 62.5 Å². The van der Waals surface area contributed by atoms with E-state index in [0.29, 0.717) is 5.75 Å². The van der Waals surface area contributed by atoms with Crippen LogP contribution in [0.2, 0.25) is 0 Å². The second-order valence-electron chi connectivity index (χ2n) is 4.62. The van der Waals surface area contributed by atoms with Crippen molar-refractivity contribution in [2.45, 2.75) is 12.7 Å². The third-order valence-electron chi connectivity index (χ3n) is 2.85. The third kappa shape index (κ3) is 5.16. The smallest absolute Gasteiger partial charge is 0.234 e. The average Bonchev–Trinajstić information content (AvgIpc) is 2.44. The number of carbonyl (C=O) groups excluding carboxylic acids is 1. The van der Waals surface area contributed by atoms with E-state index in [1.807, 2.05) is 43.3 Å². The van der Waals surface area contributed by atoms with Gasteiger partial charge in [-0.05, 0) is 52.2 Å². The van der Waals surface area contributed by atoms with Gasteiger partial charge in [-0.25, -0.2) is 0 Å². The highest BCUT2D eigenvalue weighted by Gasteiger charge is 2.07. The van der Waals surface area contributed by atoms with Crippen LogP contribution in [0.3, 0.4) is 0 Å². The summed E-state index contributed by atoms with van der Waals surface area (Å²) in [6, 6.07) is 13.9. The summed E-state index contributed by atoms with van der Waals surface area (Å²) in [5, 5.41) is 2.92. The van der Waals surface area contributed by atoms with Crippen LogP contribution in [-0.2, 0) is 10.5 Å². The molecule has 0 atom stereocenters. The molecule has 5 heteroatoms. The molecule has 0 saturated carbocycles. The van der Waals surface area contributed by atoms with Crippen LogP contribution >= 0.6 is 43.6 Å². The number of thioether (sulfide) groups is 1. The zero-order valence-corrected chi connectivity index (χ0v) is 15.5. The Bertz CT molecular complexity index is 646. The number of benzene rings is 2. The minimum absolute atomic E-state index is 0.0107. The van der Waals surface area contributed by atoms with Crippen molar-refractivity contribution < 1.29 is 4.79 Å². The lowest BCUT2D eigenvalue weighted by Crippen LogP contribution is -2.14. The average molecular weight is 429 g/mol. The lowest BCUT2D eigenvalue weighted by molar-refractivity contribution is -0.113. The standard InChI is InChI=1S/C16H15Br2NOS/c1-11-6-7-15(14(18)8-11)19-16(20)10-21-9-12-4-2-3-5-13(12)17/h2-8H,9-10H2,1H3,(H,19,20). The fraction of sp³-hybridized carbons (Fsp3) is 0.188. The molecular formula is C16H15Br2NOS. The number of anilines is 1. The fourth-order valence-corrected chi connectivity index (χ4v) is 3.81. The van der Waals surface area contributed by atoms with E-state index in [2.05, 4.69) is 43.2 Å². The van der Waals surface area contributed by atoms with Crippen LogP contribution in [0.15, 0.2) is 51.4 Å². The number of nitrogens with one attached hydrogen (secondary N) is 1. The van der Waals surface area contributed by atoms with E-state index in [9.17, 15) is 4.79 Å². The Morgan fingerprint density at radius 3 is 2.62 bits per heavy atom. The molecule has 2 aromatic rings. The maximum absolute atomic E-state index is 12.0. The second kappa shape index (κ2) is 8.01. The number of amides is 1. The molecule has 110 valence electrons. The Morgan fingerprint density at radius 2 is 1.90 bits per heavy atom. The number of hydrogen-bond donors (Lipinski definition) is 1. The number of halogens is 2. The molecule has 0 fully saturated rings. The van der Waals surface area contributed by atoms with Crippen LogP contribution in [0.25, 0.3) is 0 Å². The zero-order valence-electron chi connectivity index (χ0n) is 11.5. The molecule has 21 heavy (non-hydrogen) atoms. The van der Waals surface area contributed by atoms with E-state index in [1.54, 1.807) is 11.8 Å². The van der Waals surface area contributed by atoms with Gasteiger partial charge >= 0.3 is 0 Å². The first-order valence-electron chi connectivity index (χ1n) is 6.43. The minimum atomic E-state index is 0.0107. The first-order chi connectivity index (χ1) is 10.1. The summed E-state index contributed by atoms with van der Waals surface area (Å²) in [4.78, 5) is 12.0. The Balaban J connectivity index is 1.84. The normalized spacial score (nSPS) is 10.4. The first-order valence-corrected chi connectivity index (χ1v) is 9.17. The van der Waals surface area contributed by atoms with Gasteiger partial charge in [-0.1, -0.05) is 40.2 Å². The van der Waals surface area contributed by atoms with Crippen LogP contribution < -0.4 is 5.32 Å². The third-order valence-corrected chi connectivity index (χ3v) is 5.26. The van der Waals surface area contributed by atoms with Crippen molar-refractivity contribution in [3.63, 3.8) is 0 Å². The van der Waals surface area contributed by atoms with Gasteiger partial charge in [-0.3, -0.25) is 4.79 Å². The number of aryl methyl sites for hydroxylation is 1. The van der Waals surface area contributed by atoms with Gasteiger partial charge in [0, 0.05) is 14.7 Å². The molecular weight excluding hydrogens is 414 g/mol. The molecule has 0 aliphatic carbocycles. The van der Waals surface area contributed by atoms with Gasteiger partial charge in [0.15, 0.2) is 0 Å². The molecule has 0 aliphatic heterocycles. The lowest BCUT2D eigenvalue weighted by Gasteiger charge is -2.08. The predicted molar refractivity (Wildman–Crippen MR) is 97.8 cm³/mol. The number of hydrogen-bond acceptors (Lipinski definition) is 2. The summed E-state index contributed by atoms with van der Waals surface area (Å²) in [7, 11) is 0. The SMILES string of the molecule is Cc1ccc(NC(=O)CSCc2ccccc2Br)c(Br)c1. The highest BCUT2D eigenvalue weighted by molar-refractivity contribution is 9.11. The molecule has 0 spiro atoms. The van der Waals surface area contributed by atoms with Gasteiger partial charge in [0.05, 0.1) is 11.4 Å². The van der Waals surface area contributed by atoms with Gasteiger partial charge in [-0.2, -0.15) is 0 Å². The molecule has 1 N–H and O–H groups in total. The topological polar surface area (TPSA) is 29.1 Å². The van der Waals surface area contributed by atoms with E-state index >= 15 is 0 Å². The molecule has 1 amide bonds. The number of carbonyl (C=O) groups is 1. The van der Waals surface area contributed by atoms with Crippen molar-refractivity contribution in [2.75, 3.05) is 11.1 Å². The van der Waals surface area contributed by atoms with Gasteiger partial charge in [0.25, 0.3) is 0 Å². The predicted octanol–water partition coefficient (Wildman–Crippen LogP) is 5.39. The van der Waals surface area contributed by atoms with Crippen molar-refractivity contribution in [3.8, 4) is 0 Å². The molecule has 0 radical (unpaired) electrons. The molecule has 2 rings (SSSR count). The zero-order chi connectivity index (χ0) is 15.2. The van der Waals surface area contributed by atoms with Crippen LogP contribution in [0.5, 0.6) is 0 Å². The van der Waals surface area contributed by atoms with Gasteiger partial charge < -0.3 is 5.32 Å². The Hall–Kier alpha value is -0.780. The summed E-state index contributed by atoms with van der Waals surface area (Å²) < 4.78 is 1.99. The largest absolute Gasteiger partial charge is 0.324 e. The van der Waals surface area contributed by atoms with Crippen molar-refractivity contribution in [1.29, 1.82) is 0 Å². The molecule has 0 aliphatic rings. The van der Waals surface area contributed by atoms with Gasteiger partial charge in [-0.15, -0.1) is 11.8 Å². The monoisotopic (exact) mass is 427 g/mol. The van der Waals surface area contributed by atoms with Crippen LogP contribution in [-0.4, -0.2) is 11.7 Å². The van der Waals surface area contributed by atoms with E-state index in [0.717, 1.165) is 25.9 Å². The molecule has 0 saturated heterocycles. The molecule has 0 bridgehead atoms. The van der Waals surface area contributed by atoms with Crippen molar-refractivity contribution in [1.82, 2.24) is 0 Å². The highest BCUT2D eigenvalue weighted by Crippen LogP contribution is 2.24. The quantitative estimate of drug-likeness (QED) is 0.691. The van der Waals surface area contributed by atoms with Crippen molar-refractivity contribution in [2.24, 2.45) is 0 Å². The Morgan fingerprint density at radius 1 is 1.14 bits per heavy atom. The lowest BCUT2D eigenvalue weighted by atomic mass is 10.2. The maximum atomic E-state index is 12.0. The summed E-state index contributed by atoms with van der Waals surface area (Å²) >= 11 is 8.58. The van der Waals surface area contributed by atoms with E-state index in [-0.39, 0.29) is 5.91 Å². The van der Waals surface area contributed by atoms with E-state index in [1.165, 1.54) is 5.56 Å². The molecule has 0 unspecified atom stereocenters. The molecule has 0 aromatic heterocycles. The summed E-state index contributed by atoms with van der Waals surface area (Å²) in [5.74, 6) is 1.25. The van der Waals surface area contributed by atoms with Crippen LogP contribution in [0, 0.1) is 6.92 Å². The second-order valence-corrected chi connectivity index (χ2v) is 7.31. The van der Waals surface area contributed by atoms with E-state index < -0.39 is 0 Å². The molecule has 0 heterocycles. The van der Waals surface area contributed by atoms with Crippen LogP contribution in [0.1, 0.15) is 11.1 Å². The Labute approximate surface area is 146 Å². The minimum Gasteiger partial charge on any atom is -0.324 e. The molecule has 2 nitrogen and oxygen atoms in total. The summed E-state index contributed by atoms with van der Waals surface area (Å²) in [5.41, 5.74) is 3.17. The first kappa shape index (κ1) is 16.6. The van der Waals surface area contributed by atoms with Crippen LogP contribution in [0.4, 0.5) is 5.69 Å².